The van der Waals surface area contributed by atoms with E-state index in [9.17, 15) is 23.2 Å². The molecule has 3 aromatic heterocycles. The van der Waals surface area contributed by atoms with Crippen molar-refractivity contribution in [3.8, 4) is 17.3 Å². The Morgan fingerprint density at radius 3 is 2.61 bits per heavy atom. The van der Waals surface area contributed by atoms with Crippen LogP contribution in [0.15, 0.2) is 35.1 Å². The normalized spacial score (nSPS) is 14.6. The van der Waals surface area contributed by atoms with E-state index in [0.29, 0.717) is 54.2 Å². The minimum atomic E-state index is -4.51. The lowest BCUT2D eigenvalue weighted by Gasteiger charge is -2.27. The largest absolute Gasteiger partial charge is 0.435 e. The van der Waals surface area contributed by atoms with Gasteiger partial charge in [-0.2, -0.15) is 23.5 Å². The number of imidazole rings is 1. The first-order valence-corrected chi connectivity index (χ1v) is 12.3. The number of nitriles is 1. The fourth-order valence-electron chi connectivity index (χ4n) is 5.03. The number of rotatable bonds is 4. The van der Waals surface area contributed by atoms with E-state index in [1.807, 2.05) is 23.1 Å². The number of alkyl halides is 3. The number of benzene rings is 1. The predicted octanol–water partition coefficient (Wildman–Crippen LogP) is 4.62. The van der Waals surface area contributed by atoms with Crippen LogP contribution in [-0.4, -0.2) is 35.8 Å². The van der Waals surface area contributed by atoms with Crippen molar-refractivity contribution in [3.63, 3.8) is 0 Å². The molecule has 1 aliphatic heterocycles. The fourth-order valence-corrected chi connectivity index (χ4v) is 5.03. The van der Waals surface area contributed by atoms with Gasteiger partial charge in [0.15, 0.2) is 11.3 Å². The second-order valence-corrected chi connectivity index (χ2v) is 11.0. The number of nitrogens with one attached hydrogen (secondary N) is 1. The highest BCUT2D eigenvalue weighted by Gasteiger charge is 2.39. The third kappa shape index (κ3) is 4.72. The van der Waals surface area contributed by atoms with Crippen molar-refractivity contribution in [2.45, 2.75) is 53.0 Å². The Balaban J connectivity index is 1.48. The molecule has 1 aliphatic rings. The molecule has 8 nitrogen and oxygen atoms in total. The van der Waals surface area contributed by atoms with Crippen molar-refractivity contribution in [2.75, 3.05) is 6.54 Å². The van der Waals surface area contributed by atoms with Crippen LogP contribution in [0.3, 0.4) is 0 Å². The molecule has 4 aromatic rings. The Kier molecular flexibility index (Phi) is 6.18. The number of aromatic amines is 1. The predicted molar refractivity (Wildman–Crippen MR) is 136 cm³/mol. The van der Waals surface area contributed by atoms with Crippen molar-refractivity contribution < 1.29 is 13.2 Å². The zero-order valence-electron chi connectivity index (χ0n) is 21.6. The molecule has 1 aromatic carbocycles. The Labute approximate surface area is 217 Å². The minimum absolute atomic E-state index is 0.106. The summed E-state index contributed by atoms with van der Waals surface area (Å²) >= 11 is 0. The van der Waals surface area contributed by atoms with Gasteiger partial charge < -0.3 is 0 Å². The average Bonchev–Trinajstić information content (AvgIpc) is 3.38. The van der Waals surface area contributed by atoms with Crippen LogP contribution < -0.4 is 5.69 Å². The summed E-state index contributed by atoms with van der Waals surface area (Å²) in [5.74, 6) is 0. The molecule has 0 saturated heterocycles. The minimum Gasteiger partial charge on any atom is -0.294 e. The van der Waals surface area contributed by atoms with Gasteiger partial charge in [-0.1, -0.05) is 26.8 Å². The number of aromatic nitrogens is 5. The van der Waals surface area contributed by atoms with Gasteiger partial charge in [-0.3, -0.25) is 19.1 Å². The maximum atomic E-state index is 13.4. The maximum Gasteiger partial charge on any atom is 0.435 e. The summed E-state index contributed by atoms with van der Waals surface area (Å²) in [7, 11) is 1.68. The van der Waals surface area contributed by atoms with Crippen molar-refractivity contribution in [1.82, 2.24) is 29.2 Å². The number of nitrogens with zero attached hydrogens (tertiary/aromatic N) is 6. The number of hydrogen-bond acceptors (Lipinski definition) is 5. The summed E-state index contributed by atoms with van der Waals surface area (Å²) in [6, 6.07) is 11.2. The van der Waals surface area contributed by atoms with Gasteiger partial charge in [0, 0.05) is 56.5 Å². The van der Waals surface area contributed by atoms with E-state index >= 15 is 0 Å². The molecule has 0 aliphatic carbocycles. The molecular formula is C27H28F3N7O. The van der Waals surface area contributed by atoms with Crippen LogP contribution in [-0.2, 0) is 39.3 Å². The summed E-state index contributed by atoms with van der Waals surface area (Å²) in [5.41, 5.74) is 3.26. The van der Waals surface area contributed by atoms with Gasteiger partial charge in [-0.25, -0.2) is 9.78 Å². The summed E-state index contributed by atoms with van der Waals surface area (Å²) < 4.78 is 43.3. The highest BCUT2D eigenvalue weighted by atomic mass is 19.4. The number of pyridine rings is 1. The SMILES string of the molecule is Cn1c(=O)n(CC(C)(C)C)c2ccc(-c3cc(CN4CCc5[nH]nc(C(F)(F)F)c5C4)ccc3C#N)nc21. The molecule has 0 unspecified atom stereocenters. The van der Waals surface area contributed by atoms with Crippen LogP contribution in [0.1, 0.15) is 48.8 Å². The standard InChI is InChI=1S/C27H28F3N7O/c1-26(2,3)15-37-22-8-7-20(32-24(22)35(4)25(37)38)18-11-16(5-6-17(18)12-31)13-36-10-9-21-19(14-36)23(34-33-21)27(28,29)30/h5-8,11H,9-10,13-15H2,1-4H3,(H,33,34). The molecule has 0 fully saturated rings. The lowest BCUT2D eigenvalue weighted by molar-refractivity contribution is -0.142. The summed E-state index contributed by atoms with van der Waals surface area (Å²) in [5, 5.41) is 15.8. The third-order valence-corrected chi connectivity index (χ3v) is 6.78. The Morgan fingerprint density at radius 2 is 1.92 bits per heavy atom. The Bertz CT molecular complexity index is 1630. The number of fused-ring (bicyclic) bond motifs is 2. The van der Waals surface area contributed by atoms with Gasteiger partial charge >= 0.3 is 11.9 Å². The van der Waals surface area contributed by atoms with Crippen molar-refractivity contribution in [2.24, 2.45) is 12.5 Å². The molecule has 4 heterocycles. The van der Waals surface area contributed by atoms with Crippen LogP contribution in [0, 0.1) is 16.7 Å². The molecule has 0 bridgehead atoms. The molecule has 0 saturated carbocycles. The molecule has 0 atom stereocenters. The molecule has 198 valence electrons. The number of hydrogen-bond donors (Lipinski definition) is 1. The molecule has 38 heavy (non-hydrogen) atoms. The van der Waals surface area contributed by atoms with Crippen LogP contribution in [0.4, 0.5) is 13.2 Å². The second-order valence-electron chi connectivity index (χ2n) is 11.0. The molecule has 1 N–H and O–H groups in total. The second kappa shape index (κ2) is 9.13. The fraction of sp³-hybridized carbons (Fsp3) is 0.407. The quantitative estimate of drug-likeness (QED) is 0.421. The maximum absolute atomic E-state index is 13.4. The van der Waals surface area contributed by atoms with Crippen LogP contribution >= 0.6 is 0 Å². The van der Waals surface area contributed by atoms with E-state index < -0.39 is 11.9 Å². The molecule has 5 rings (SSSR count). The zero-order valence-corrected chi connectivity index (χ0v) is 21.6. The molecule has 11 heteroatoms. The van der Waals surface area contributed by atoms with Gasteiger partial charge in [-0.05, 0) is 35.2 Å². The lowest BCUT2D eigenvalue weighted by atomic mass is 9.97. The topological polar surface area (TPSA) is 95.5 Å². The first-order chi connectivity index (χ1) is 17.9. The monoisotopic (exact) mass is 523 g/mol. The van der Waals surface area contributed by atoms with Crippen molar-refractivity contribution in [3.05, 3.63) is 68.9 Å². The smallest absolute Gasteiger partial charge is 0.294 e. The Hall–Kier alpha value is -3.91. The number of aryl methyl sites for hydroxylation is 1. The number of H-pyrrole nitrogens is 1. The number of halogens is 3. The molecule has 0 amide bonds. The van der Waals surface area contributed by atoms with Crippen molar-refractivity contribution in [1.29, 1.82) is 5.26 Å². The van der Waals surface area contributed by atoms with Crippen LogP contribution in [0.25, 0.3) is 22.4 Å². The van der Waals surface area contributed by atoms with Gasteiger partial charge in [0.25, 0.3) is 0 Å². The van der Waals surface area contributed by atoms with Crippen LogP contribution in [0.5, 0.6) is 0 Å². The van der Waals surface area contributed by atoms with Crippen LogP contribution in [0.2, 0.25) is 0 Å². The zero-order chi connectivity index (χ0) is 27.4. The summed E-state index contributed by atoms with van der Waals surface area (Å²) in [4.78, 5) is 19.6. The first-order valence-electron chi connectivity index (χ1n) is 12.3. The lowest BCUT2D eigenvalue weighted by Crippen LogP contribution is -2.31. The van der Waals surface area contributed by atoms with E-state index in [1.165, 1.54) is 4.57 Å². The Morgan fingerprint density at radius 1 is 1.16 bits per heavy atom. The molecule has 0 radical (unpaired) electrons. The summed E-state index contributed by atoms with van der Waals surface area (Å²) in [6.45, 7) is 7.83. The highest BCUT2D eigenvalue weighted by molar-refractivity contribution is 5.78. The van der Waals surface area contributed by atoms with E-state index in [1.54, 1.807) is 23.7 Å². The van der Waals surface area contributed by atoms with Gasteiger partial charge in [0.05, 0.1) is 22.8 Å². The third-order valence-electron chi connectivity index (χ3n) is 6.78. The molecule has 0 spiro atoms. The van der Waals surface area contributed by atoms with E-state index in [-0.39, 0.29) is 23.2 Å². The van der Waals surface area contributed by atoms with E-state index in [0.717, 1.165) is 11.1 Å². The van der Waals surface area contributed by atoms with E-state index in [4.69, 9.17) is 4.98 Å². The van der Waals surface area contributed by atoms with E-state index in [2.05, 4.69) is 37.0 Å². The molecular weight excluding hydrogens is 495 g/mol. The van der Waals surface area contributed by atoms with Gasteiger partial charge in [0.1, 0.15) is 0 Å². The van der Waals surface area contributed by atoms with Gasteiger partial charge in [0.2, 0.25) is 0 Å². The average molecular weight is 524 g/mol. The first kappa shape index (κ1) is 25.7. The van der Waals surface area contributed by atoms with Gasteiger partial charge in [-0.15, -0.1) is 0 Å². The van der Waals surface area contributed by atoms with Crippen molar-refractivity contribution >= 4 is 11.2 Å². The summed E-state index contributed by atoms with van der Waals surface area (Å²) in [6.07, 6.45) is -4.07. The highest BCUT2D eigenvalue weighted by Crippen LogP contribution is 2.34.